The average Bonchev–Trinajstić information content (AvgIpc) is 2.63. The van der Waals surface area contributed by atoms with E-state index in [9.17, 15) is 5.11 Å². The number of nitriles is 1. The highest BCUT2D eigenvalue weighted by Crippen LogP contribution is 2.20. The third kappa shape index (κ3) is 2.23. The summed E-state index contributed by atoms with van der Waals surface area (Å²) in [5.74, 6) is 0. The van der Waals surface area contributed by atoms with Crippen molar-refractivity contribution < 1.29 is 15.3 Å². The van der Waals surface area contributed by atoms with Crippen LogP contribution in [0.3, 0.4) is 0 Å². The smallest absolute Gasteiger partial charge is 0.172 e. The van der Waals surface area contributed by atoms with Crippen LogP contribution in [-0.4, -0.2) is 26.4 Å². The molecule has 1 heterocycles. The largest absolute Gasteiger partial charge is 0.390 e. The first-order chi connectivity index (χ1) is 6.19. The van der Waals surface area contributed by atoms with E-state index in [4.69, 9.17) is 15.5 Å². The van der Waals surface area contributed by atoms with Crippen LogP contribution >= 0.6 is 11.3 Å². The number of aromatic nitrogens is 1. The van der Waals surface area contributed by atoms with E-state index in [1.807, 2.05) is 0 Å². The molecule has 0 aliphatic heterocycles. The molecule has 0 saturated carbocycles. The zero-order valence-corrected chi connectivity index (χ0v) is 7.40. The summed E-state index contributed by atoms with van der Waals surface area (Å²) in [6, 6.07) is 1.50. The van der Waals surface area contributed by atoms with Crippen molar-refractivity contribution in [3.05, 3.63) is 16.1 Å². The fourth-order valence-electron chi connectivity index (χ4n) is 0.737. The number of rotatable bonds is 3. The minimum Gasteiger partial charge on any atom is -0.390 e. The van der Waals surface area contributed by atoms with Crippen molar-refractivity contribution in [2.24, 2.45) is 0 Å². The van der Waals surface area contributed by atoms with E-state index in [2.05, 4.69) is 4.98 Å². The molecule has 0 spiro atoms. The van der Waals surface area contributed by atoms with Crippen molar-refractivity contribution in [2.45, 2.75) is 18.8 Å². The minimum atomic E-state index is -1.47. The number of hydrogen-bond acceptors (Lipinski definition) is 6. The van der Waals surface area contributed by atoms with Gasteiger partial charge in [-0.05, 0) is 0 Å². The zero-order chi connectivity index (χ0) is 9.84. The second-order valence-electron chi connectivity index (χ2n) is 2.35. The summed E-state index contributed by atoms with van der Waals surface area (Å²) in [6.45, 7) is -0.216. The molecule has 0 aliphatic carbocycles. The molecule has 1 rings (SSSR count). The van der Waals surface area contributed by atoms with Crippen LogP contribution in [0.25, 0.3) is 0 Å². The van der Waals surface area contributed by atoms with Gasteiger partial charge in [0.15, 0.2) is 6.10 Å². The molecule has 0 amide bonds. The van der Waals surface area contributed by atoms with Crippen LogP contribution in [0.2, 0.25) is 0 Å². The monoisotopic (exact) mass is 200 g/mol. The highest BCUT2D eigenvalue weighted by atomic mass is 32.1. The zero-order valence-electron chi connectivity index (χ0n) is 6.58. The van der Waals surface area contributed by atoms with Gasteiger partial charge in [-0.2, -0.15) is 5.26 Å². The molecule has 0 aliphatic rings. The Morgan fingerprint density at radius 3 is 2.77 bits per heavy atom. The number of hydrogen-bond donors (Lipinski definition) is 3. The number of nitrogens with zero attached hydrogens (tertiary/aromatic N) is 2. The summed E-state index contributed by atoms with van der Waals surface area (Å²) in [6.07, 6.45) is -2.77. The van der Waals surface area contributed by atoms with Gasteiger partial charge in [0.2, 0.25) is 0 Å². The van der Waals surface area contributed by atoms with Gasteiger partial charge < -0.3 is 15.3 Å². The number of aliphatic hydroxyl groups excluding tert-OH is 3. The second-order valence-corrected chi connectivity index (χ2v) is 3.24. The molecule has 2 unspecified atom stereocenters. The Labute approximate surface area is 78.5 Å². The SMILES string of the molecule is N#CC(O)C(O)c1nc(CO)cs1. The molecule has 0 saturated heterocycles. The van der Waals surface area contributed by atoms with Crippen LogP contribution in [0, 0.1) is 11.3 Å². The fraction of sp³-hybridized carbons (Fsp3) is 0.429. The predicted molar refractivity (Wildman–Crippen MR) is 44.6 cm³/mol. The fourth-order valence-corrected chi connectivity index (χ4v) is 1.56. The lowest BCUT2D eigenvalue weighted by atomic mass is 10.2. The molecule has 0 bridgehead atoms. The van der Waals surface area contributed by atoms with Crippen molar-refractivity contribution in [1.29, 1.82) is 5.26 Å². The van der Waals surface area contributed by atoms with Crippen LogP contribution in [0.15, 0.2) is 5.38 Å². The summed E-state index contributed by atoms with van der Waals surface area (Å²) in [5.41, 5.74) is 0.421. The molecule has 1 aromatic heterocycles. The van der Waals surface area contributed by atoms with E-state index in [1.165, 1.54) is 6.07 Å². The molecular weight excluding hydrogens is 192 g/mol. The Kier molecular flexibility index (Phi) is 3.33. The maximum Gasteiger partial charge on any atom is 0.172 e. The Morgan fingerprint density at radius 2 is 2.31 bits per heavy atom. The van der Waals surface area contributed by atoms with Gasteiger partial charge in [-0.3, -0.25) is 0 Å². The lowest BCUT2D eigenvalue weighted by Crippen LogP contribution is -2.15. The highest BCUT2D eigenvalue weighted by Gasteiger charge is 2.20. The third-order valence-corrected chi connectivity index (χ3v) is 2.38. The standard InChI is InChI=1S/C7H8N2O3S/c8-1-5(11)6(12)7-9-4(2-10)3-13-7/h3,5-6,10-12H,2H2. The van der Waals surface area contributed by atoms with E-state index in [-0.39, 0.29) is 11.6 Å². The average molecular weight is 200 g/mol. The number of thiazole rings is 1. The maximum absolute atomic E-state index is 9.29. The summed E-state index contributed by atoms with van der Waals surface area (Å²) in [7, 11) is 0. The quantitative estimate of drug-likeness (QED) is 0.574. The van der Waals surface area contributed by atoms with Crippen LogP contribution < -0.4 is 0 Å². The second kappa shape index (κ2) is 4.30. The molecule has 6 heteroatoms. The van der Waals surface area contributed by atoms with Crippen LogP contribution in [0.4, 0.5) is 0 Å². The molecule has 0 fully saturated rings. The molecule has 70 valence electrons. The summed E-state index contributed by atoms with van der Waals surface area (Å²) in [5, 5.41) is 37.0. The van der Waals surface area contributed by atoms with Gasteiger partial charge in [0.05, 0.1) is 18.4 Å². The molecule has 5 nitrogen and oxygen atoms in total. The topological polar surface area (TPSA) is 97.4 Å². The first-order valence-electron chi connectivity index (χ1n) is 3.50. The summed E-state index contributed by atoms with van der Waals surface area (Å²) < 4.78 is 0. The Morgan fingerprint density at radius 1 is 1.62 bits per heavy atom. The van der Waals surface area contributed by atoms with Crippen molar-refractivity contribution >= 4 is 11.3 Å². The molecule has 2 atom stereocenters. The molecule has 3 N–H and O–H groups in total. The highest BCUT2D eigenvalue weighted by molar-refractivity contribution is 7.09. The lowest BCUT2D eigenvalue weighted by Gasteiger charge is -2.06. The lowest BCUT2D eigenvalue weighted by molar-refractivity contribution is 0.0524. The molecule has 13 heavy (non-hydrogen) atoms. The minimum absolute atomic E-state index is 0.216. The Bertz CT molecular complexity index is 320. The van der Waals surface area contributed by atoms with Gasteiger partial charge in [0.1, 0.15) is 11.1 Å². The molecule has 0 radical (unpaired) electrons. The van der Waals surface area contributed by atoms with Gasteiger partial charge in [-0.15, -0.1) is 11.3 Å². The van der Waals surface area contributed by atoms with Gasteiger partial charge in [-0.25, -0.2) is 4.98 Å². The first-order valence-corrected chi connectivity index (χ1v) is 4.38. The van der Waals surface area contributed by atoms with Gasteiger partial charge in [-0.1, -0.05) is 0 Å². The van der Waals surface area contributed by atoms with Gasteiger partial charge in [0.25, 0.3) is 0 Å². The van der Waals surface area contributed by atoms with E-state index >= 15 is 0 Å². The molecule has 0 aromatic carbocycles. The van der Waals surface area contributed by atoms with Crippen molar-refractivity contribution in [3.63, 3.8) is 0 Å². The summed E-state index contributed by atoms with van der Waals surface area (Å²) >= 11 is 1.09. The molecular formula is C7H8N2O3S. The van der Waals surface area contributed by atoms with Crippen LogP contribution in [0.1, 0.15) is 16.8 Å². The van der Waals surface area contributed by atoms with Crippen LogP contribution in [-0.2, 0) is 6.61 Å². The normalized spacial score (nSPS) is 14.9. The Hall–Kier alpha value is -1.00. The van der Waals surface area contributed by atoms with E-state index in [0.717, 1.165) is 11.3 Å². The van der Waals surface area contributed by atoms with E-state index < -0.39 is 12.2 Å². The molecule has 1 aromatic rings. The maximum atomic E-state index is 9.29. The van der Waals surface area contributed by atoms with Crippen molar-refractivity contribution in [3.8, 4) is 6.07 Å². The van der Waals surface area contributed by atoms with Gasteiger partial charge in [0, 0.05) is 5.38 Å². The first kappa shape index (κ1) is 10.1. The van der Waals surface area contributed by atoms with E-state index in [1.54, 1.807) is 5.38 Å². The summed E-state index contributed by atoms with van der Waals surface area (Å²) in [4.78, 5) is 3.81. The van der Waals surface area contributed by atoms with Gasteiger partial charge >= 0.3 is 0 Å². The van der Waals surface area contributed by atoms with Crippen LogP contribution in [0.5, 0.6) is 0 Å². The van der Waals surface area contributed by atoms with Crippen molar-refractivity contribution in [1.82, 2.24) is 4.98 Å². The van der Waals surface area contributed by atoms with Crippen molar-refractivity contribution in [2.75, 3.05) is 0 Å². The predicted octanol–water partition coefficient (Wildman–Crippen LogP) is -0.447. The van der Waals surface area contributed by atoms with E-state index in [0.29, 0.717) is 5.69 Å². The number of aliphatic hydroxyl groups is 3. The Balaban J connectivity index is 2.78. The third-order valence-electron chi connectivity index (χ3n) is 1.42.